The summed E-state index contributed by atoms with van der Waals surface area (Å²) in [5.41, 5.74) is 1.49. The number of hydrogen-bond acceptors (Lipinski definition) is 5. The zero-order chi connectivity index (χ0) is 18.5. The normalized spacial score (nSPS) is 23.8. The Kier molecular flexibility index (Phi) is 5.90. The highest BCUT2D eigenvalue weighted by molar-refractivity contribution is 4.99. The van der Waals surface area contributed by atoms with Crippen LogP contribution in [0.2, 0.25) is 0 Å². The van der Waals surface area contributed by atoms with Crippen LogP contribution in [0.1, 0.15) is 31.4 Å². The zero-order valence-electron chi connectivity index (χ0n) is 16.1. The first-order chi connectivity index (χ1) is 13.3. The van der Waals surface area contributed by atoms with Crippen LogP contribution >= 0.6 is 0 Å². The van der Waals surface area contributed by atoms with E-state index in [9.17, 15) is 5.11 Å². The second kappa shape index (κ2) is 8.54. The molecule has 0 radical (unpaired) electrons. The second-order valence-electron chi connectivity index (χ2n) is 8.27. The molecule has 4 rings (SSSR count). The molecule has 0 aliphatic carbocycles. The summed E-state index contributed by atoms with van der Waals surface area (Å²) in [6.45, 7) is 7.79. The van der Waals surface area contributed by atoms with Gasteiger partial charge in [-0.25, -0.2) is 4.98 Å². The highest BCUT2D eigenvalue weighted by atomic mass is 16.3. The van der Waals surface area contributed by atoms with Gasteiger partial charge in [-0.3, -0.25) is 9.58 Å². The van der Waals surface area contributed by atoms with Gasteiger partial charge in [0.1, 0.15) is 0 Å². The van der Waals surface area contributed by atoms with E-state index in [1.807, 2.05) is 29.3 Å². The van der Waals surface area contributed by atoms with E-state index >= 15 is 0 Å². The van der Waals surface area contributed by atoms with Crippen molar-refractivity contribution in [3.63, 3.8) is 0 Å². The third kappa shape index (κ3) is 4.42. The predicted molar refractivity (Wildman–Crippen MR) is 104 cm³/mol. The highest BCUT2D eigenvalue weighted by Crippen LogP contribution is 2.45. The fourth-order valence-corrected chi connectivity index (χ4v) is 4.96. The molecule has 2 N–H and O–H groups in total. The first-order valence-electron chi connectivity index (χ1n) is 10.3. The molecule has 7 nitrogen and oxygen atoms in total. The summed E-state index contributed by atoms with van der Waals surface area (Å²) in [6, 6.07) is 1.98. The molecule has 2 aromatic heterocycles. The zero-order valence-corrected chi connectivity index (χ0v) is 16.1. The number of aryl methyl sites for hydroxylation is 1. The van der Waals surface area contributed by atoms with Crippen molar-refractivity contribution in [2.75, 3.05) is 39.3 Å². The summed E-state index contributed by atoms with van der Waals surface area (Å²) in [5.74, 6) is 0.389. The molecule has 1 spiro atoms. The minimum atomic E-state index is 0.304. The topological polar surface area (TPSA) is 73.2 Å². The van der Waals surface area contributed by atoms with Crippen molar-refractivity contribution in [1.29, 1.82) is 0 Å². The number of aliphatic hydroxyl groups excluding tert-OH is 1. The minimum absolute atomic E-state index is 0.304. The number of hydrogen-bond donors (Lipinski definition) is 2. The third-order valence-electron chi connectivity index (χ3n) is 6.71. The van der Waals surface area contributed by atoms with E-state index < -0.39 is 0 Å². The van der Waals surface area contributed by atoms with E-state index in [0.717, 1.165) is 57.9 Å². The maximum absolute atomic E-state index is 10.1. The Morgan fingerprint density at radius 1 is 1.15 bits per heavy atom. The molecule has 2 aromatic rings. The molecule has 0 bridgehead atoms. The second-order valence-corrected chi connectivity index (χ2v) is 8.27. The molecule has 2 saturated heterocycles. The fourth-order valence-electron chi connectivity index (χ4n) is 4.96. The summed E-state index contributed by atoms with van der Waals surface area (Å²) in [4.78, 5) is 12.4. The number of aromatic nitrogens is 4. The number of imidazole rings is 1. The lowest BCUT2D eigenvalue weighted by atomic mass is 9.64. The van der Waals surface area contributed by atoms with Crippen LogP contribution in [-0.4, -0.2) is 74.0 Å². The van der Waals surface area contributed by atoms with Crippen LogP contribution in [0.5, 0.6) is 0 Å². The molecule has 0 aromatic carbocycles. The van der Waals surface area contributed by atoms with Gasteiger partial charge in [0.2, 0.25) is 0 Å². The first kappa shape index (κ1) is 18.7. The van der Waals surface area contributed by atoms with Gasteiger partial charge in [0, 0.05) is 56.4 Å². The number of nitrogens with one attached hydrogen (secondary N) is 1. The van der Waals surface area contributed by atoms with Crippen LogP contribution in [0.25, 0.3) is 0 Å². The van der Waals surface area contributed by atoms with E-state index in [1.165, 1.54) is 19.3 Å². The number of likely N-dealkylation sites (tertiary alicyclic amines) is 2. The van der Waals surface area contributed by atoms with Crippen molar-refractivity contribution in [2.45, 2.75) is 38.8 Å². The Bertz CT molecular complexity index is 663. The molecule has 4 heterocycles. The van der Waals surface area contributed by atoms with E-state index in [1.54, 1.807) is 6.33 Å². The van der Waals surface area contributed by atoms with E-state index in [4.69, 9.17) is 0 Å². The Morgan fingerprint density at radius 3 is 2.63 bits per heavy atom. The van der Waals surface area contributed by atoms with Gasteiger partial charge in [-0.1, -0.05) is 0 Å². The van der Waals surface area contributed by atoms with Crippen molar-refractivity contribution < 1.29 is 5.11 Å². The van der Waals surface area contributed by atoms with Crippen LogP contribution in [0.4, 0.5) is 0 Å². The maximum atomic E-state index is 10.1. The molecule has 27 heavy (non-hydrogen) atoms. The van der Waals surface area contributed by atoms with Gasteiger partial charge in [0.05, 0.1) is 6.33 Å². The van der Waals surface area contributed by atoms with Gasteiger partial charge < -0.3 is 15.0 Å². The van der Waals surface area contributed by atoms with Gasteiger partial charge in [-0.15, -0.1) is 0 Å². The molecular formula is C20H32N6O. The standard InChI is InChI=1S/C20H32N6O/c27-16-18-14-25(15-19-13-21-17-22-19)12-5-20(18)3-10-24(11-4-20)7-2-9-26-8-1-6-23-26/h1,6,8,13,17-18,27H,2-5,7,9-12,14-16H2,(H,21,22)/t18-/m0/s1. The molecule has 2 aliphatic rings. The summed E-state index contributed by atoms with van der Waals surface area (Å²) in [7, 11) is 0. The molecule has 1 atom stereocenters. The summed E-state index contributed by atoms with van der Waals surface area (Å²) in [6.07, 6.45) is 12.3. The predicted octanol–water partition coefficient (Wildman–Crippen LogP) is 1.59. The molecule has 7 heteroatoms. The third-order valence-corrected chi connectivity index (χ3v) is 6.71. The van der Waals surface area contributed by atoms with Crippen molar-refractivity contribution in [3.8, 4) is 0 Å². The maximum Gasteiger partial charge on any atom is 0.0922 e. The largest absolute Gasteiger partial charge is 0.396 e. The number of H-pyrrole nitrogens is 1. The van der Waals surface area contributed by atoms with Crippen molar-refractivity contribution in [2.24, 2.45) is 11.3 Å². The van der Waals surface area contributed by atoms with Crippen molar-refractivity contribution in [3.05, 3.63) is 36.7 Å². The number of aromatic amines is 1. The van der Waals surface area contributed by atoms with Crippen LogP contribution in [-0.2, 0) is 13.1 Å². The monoisotopic (exact) mass is 372 g/mol. The lowest BCUT2D eigenvalue weighted by molar-refractivity contribution is -0.0441. The van der Waals surface area contributed by atoms with Crippen molar-refractivity contribution >= 4 is 0 Å². The number of aliphatic hydroxyl groups is 1. The SMILES string of the molecule is OC[C@@H]1CN(Cc2cnc[nH]2)CCC12CCN(CCCn1cccn1)CC2. The van der Waals surface area contributed by atoms with Gasteiger partial charge in [-0.05, 0) is 63.3 Å². The highest BCUT2D eigenvalue weighted by Gasteiger charge is 2.44. The van der Waals surface area contributed by atoms with Gasteiger partial charge >= 0.3 is 0 Å². The van der Waals surface area contributed by atoms with Crippen molar-refractivity contribution in [1.82, 2.24) is 29.5 Å². The average Bonchev–Trinajstić information content (AvgIpc) is 3.39. The molecule has 2 aliphatic heterocycles. The van der Waals surface area contributed by atoms with Gasteiger partial charge in [0.15, 0.2) is 0 Å². The van der Waals surface area contributed by atoms with E-state index in [2.05, 4.69) is 24.9 Å². The minimum Gasteiger partial charge on any atom is -0.396 e. The number of piperidine rings is 2. The summed E-state index contributed by atoms with van der Waals surface area (Å²) >= 11 is 0. The molecule has 0 saturated carbocycles. The Balaban J connectivity index is 1.25. The fraction of sp³-hybridized carbons (Fsp3) is 0.700. The van der Waals surface area contributed by atoms with Crippen LogP contribution in [0.15, 0.2) is 31.0 Å². The average molecular weight is 373 g/mol. The lowest BCUT2D eigenvalue weighted by Crippen LogP contribution is -2.53. The molecule has 2 fully saturated rings. The van der Waals surface area contributed by atoms with Crippen LogP contribution < -0.4 is 0 Å². The van der Waals surface area contributed by atoms with Crippen LogP contribution in [0, 0.1) is 11.3 Å². The molecular weight excluding hydrogens is 340 g/mol. The lowest BCUT2D eigenvalue weighted by Gasteiger charge is -2.51. The number of nitrogens with zero attached hydrogens (tertiary/aromatic N) is 5. The Labute approximate surface area is 161 Å². The summed E-state index contributed by atoms with van der Waals surface area (Å²) < 4.78 is 2.02. The van der Waals surface area contributed by atoms with E-state index in [-0.39, 0.29) is 0 Å². The molecule has 0 unspecified atom stereocenters. The molecule has 148 valence electrons. The Morgan fingerprint density at radius 2 is 1.96 bits per heavy atom. The number of rotatable bonds is 7. The van der Waals surface area contributed by atoms with E-state index in [0.29, 0.717) is 17.9 Å². The van der Waals surface area contributed by atoms with Gasteiger partial charge in [-0.2, -0.15) is 5.10 Å². The smallest absolute Gasteiger partial charge is 0.0922 e. The quantitative estimate of drug-likeness (QED) is 0.772. The first-order valence-corrected chi connectivity index (χ1v) is 10.3. The molecule has 0 amide bonds. The Hall–Kier alpha value is -1.70. The summed E-state index contributed by atoms with van der Waals surface area (Å²) in [5, 5.41) is 14.4. The van der Waals surface area contributed by atoms with Crippen LogP contribution in [0.3, 0.4) is 0 Å². The van der Waals surface area contributed by atoms with Gasteiger partial charge in [0.25, 0.3) is 0 Å².